The van der Waals surface area contributed by atoms with Crippen LogP contribution in [0.25, 0.3) is 10.8 Å². The number of aliphatic imine (C=N–C) groups is 1. The average molecular weight is 437 g/mol. The van der Waals surface area contributed by atoms with E-state index in [1.165, 1.54) is 0 Å². The molecule has 0 saturated carbocycles. The topological polar surface area (TPSA) is 84.8 Å². The predicted octanol–water partition coefficient (Wildman–Crippen LogP) is 3.75. The molecule has 0 saturated heterocycles. The first kappa shape index (κ1) is 23.5. The molecular formula is C25H32N4O3. The normalized spacial score (nSPS) is 17.3. The first-order valence-electron chi connectivity index (χ1n) is 10.9. The molecule has 1 unspecified atom stereocenters. The van der Waals surface area contributed by atoms with Gasteiger partial charge in [0.15, 0.2) is 5.71 Å². The molecule has 0 radical (unpaired) electrons. The number of hydrogen-bond donors (Lipinski definition) is 2. The van der Waals surface area contributed by atoms with Crippen LogP contribution in [0.5, 0.6) is 5.88 Å². The van der Waals surface area contributed by atoms with Crippen molar-refractivity contribution in [2.45, 2.75) is 40.3 Å². The summed E-state index contributed by atoms with van der Waals surface area (Å²) in [7, 11) is 1.84. The highest BCUT2D eigenvalue weighted by Gasteiger charge is 2.25. The molecule has 0 amide bonds. The van der Waals surface area contributed by atoms with E-state index in [2.05, 4.69) is 47.4 Å². The van der Waals surface area contributed by atoms with Gasteiger partial charge in [-0.25, -0.2) is 14.8 Å². The number of ether oxygens (including phenoxy) is 2. The summed E-state index contributed by atoms with van der Waals surface area (Å²) in [5, 5.41) is 8.56. The zero-order valence-electron chi connectivity index (χ0n) is 19.4. The Kier molecular flexibility index (Phi) is 7.64. The molecule has 1 aromatic carbocycles. The minimum Gasteiger partial charge on any atom is -0.477 e. The number of carbonyl (C=O) groups is 1. The third-order valence-electron chi connectivity index (χ3n) is 4.90. The summed E-state index contributed by atoms with van der Waals surface area (Å²) in [6, 6.07) is 7.95. The van der Waals surface area contributed by atoms with E-state index in [-0.39, 0.29) is 11.5 Å². The molecule has 0 spiro atoms. The van der Waals surface area contributed by atoms with E-state index in [4.69, 9.17) is 9.47 Å². The molecule has 2 N–H and O–H groups in total. The first-order valence-corrected chi connectivity index (χ1v) is 10.9. The molecule has 170 valence electrons. The minimum atomic E-state index is -0.433. The molecule has 7 nitrogen and oxygen atoms in total. The molecule has 32 heavy (non-hydrogen) atoms. The lowest BCUT2D eigenvalue weighted by Gasteiger charge is -2.21. The molecule has 1 aromatic heterocycles. The molecular weight excluding hydrogens is 404 g/mol. The maximum atomic E-state index is 12.3. The van der Waals surface area contributed by atoms with Gasteiger partial charge >= 0.3 is 5.97 Å². The van der Waals surface area contributed by atoms with Gasteiger partial charge in [0.25, 0.3) is 0 Å². The van der Waals surface area contributed by atoms with Crippen molar-refractivity contribution in [3.05, 3.63) is 60.1 Å². The molecule has 2 aromatic rings. The highest BCUT2D eigenvalue weighted by Crippen LogP contribution is 2.27. The van der Waals surface area contributed by atoms with Crippen molar-refractivity contribution >= 4 is 22.5 Å². The van der Waals surface area contributed by atoms with Gasteiger partial charge in [-0.1, -0.05) is 39.0 Å². The maximum Gasteiger partial charge on any atom is 0.357 e. The largest absolute Gasteiger partial charge is 0.477 e. The molecule has 3 rings (SSSR count). The van der Waals surface area contributed by atoms with E-state index in [9.17, 15) is 4.79 Å². The van der Waals surface area contributed by atoms with Crippen LogP contribution < -0.4 is 15.4 Å². The van der Waals surface area contributed by atoms with Gasteiger partial charge in [0.1, 0.15) is 0 Å². The van der Waals surface area contributed by atoms with Crippen molar-refractivity contribution in [1.82, 2.24) is 15.6 Å². The number of aromatic nitrogens is 1. The Morgan fingerprint density at radius 2 is 1.97 bits per heavy atom. The van der Waals surface area contributed by atoms with Crippen LogP contribution in [0.2, 0.25) is 0 Å². The number of hydrogen-bond acceptors (Lipinski definition) is 7. The van der Waals surface area contributed by atoms with Gasteiger partial charge in [-0.2, -0.15) is 0 Å². The number of esters is 1. The average Bonchev–Trinajstić information content (AvgIpc) is 2.77. The molecule has 0 bridgehead atoms. The Balaban J connectivity index is 1.82. The van der Waals surface area contributed by atoms with E-state index < -0.39 is 5.97 Å². The Labute approximate surface area is 189 Å². The highest BCUT2D eigenvalue weighted by molar-refractivity contribution is 6.44. The summed E-state index contributed by atoms with van der Waals surface area (Å²) in [4.78, 5) is 21.1. The van der Waals surface area contributed by atoms with E-state index in [0.717, 1.165) is 21.9 Å². The maximum absolute atomic E-state index is 12.3. The van der Waals surface area contributed by atoms with Gasteiger partial charge in [-0.3, -0.25) is 0 Å². The first-order chi connectivity index (χ1) is 15.3. The van der Waals surface area contributed by atoms with Gasteiger partial charge in [-0.15, -0.1) is 0 Å². The van der Waals surface area contributed by atoms with Crippen molar-refractivity contribution in [2.75, 3.05) is 20.3 Å². The van der Waals surface area contributed by atoms with Gasteiger partial charge in [0.05, 0.1) is 19.3 Å². The fraction of sp³-hybridized carbons (Fsp3) is 0.400. The lowest BCUT2D eigenvalue weighted by atomic mass is 9.99. The Bertz CT molecular complexity index is 1050. The molecule has 7 heteroatoms. The second kappa shape index (κ2) is 10.4. The van der Waals surface area contributed by atoms with E-state index >= 15 is 0 Å². The Hall–Kier alpha value is -3.19. The zero-order valence-corrected chi connectivity index (χ0v) is 19.4. The second-order valence-corrected chi connectivity index (χ2v) is 8.77. The summed E-state index contributed by atoms with van der Waals surface area (Å²) in [5.41, 5.74) is 2.11. The quantitative estimate of drug-likeness (QED) is 0.613. The lowest BCUT2D eigenvalue weighted by molar-refractivity contribution is -0.135. The number of fused-ring (bicyclic) bond motifs is 1. The molecule has 0 fully saturated rings. The SMILES string of the molecule is CCOC(=O)C1=NC=CC(NC)/C1=C\NCc1cnc(OCC(C)(C)C)c2ccccc12. The number of nitrogens with one attached hydrogen (secondary N) is 2. The van der Waals surface area contributed by atoms with Crippen LogP contribution >= 0.6 is 0 Å². The molecule has 1 aliphatic rings. The van der Waals surface area contributed by atoms with Crippen LogP contribution in [0.3, 0.4) is 0 Å². The Morgan fingerprint density at radius 3 is 2.66 bits per heavy atom. The third kappa shape index (κ3) is 5.73. The fourth-order valence-corrected chi connectivity index (χ4v) is 3.35. The second-order valence-electron chi connectivity index (χ2n) is 8.77. The van der Waals surface area contributed by atoms with Crippen molar-refractivity contribution in [3.63, 3.8) is 0 Å². The summed E-state index contributed by atoms with van der Waals surface area (Å²) < 4.78 is 11.2. The zero-order chi connectivity index (χ0) is 23.1. The molecule has 2 heterocycles. The molecule has 0 aliphatic carbocycles. The number of benzene rings is 1. The fourth-order valence-electron chi connectivity index (χ4n) is 3.35. The van der Waals surface area contributed by atoms with E-state index in [1.807, 2.05) is 43.7 Å². The minimum absolute atomic E-state index is 0.0473. The number of likely N-dealkylation sites (N-methyl/N-ethyl adjacent to an activating group) is 1. The van der Waals surface area contributed by atoms with Crippen molar-refractivity contribution in [1.29, 1.82) is 0 Å². The van der Waals surface area contributed by atoms with Crippen LogP contribution in [0.4, 0.5) is 0 Å². The number of carbonyl (C=O) groups excluding carboxylic acids is 1. The monoisotopic (exact) mass is 436 g/mol. The summed E-state index contributed by atoms with van der Waals surface area (Å²) in [6.07, 6.45) is 7.18. The predicted molar refractivity (Wildman–Crippen MR) is 128 cm³/mol. The van der Waals surface area contributed by atoms with Gasteiger partial charge in [0, 0.05) is 36.1 Å². The summed E-state index contributed by atoms with van der Waals surface area (Å²) in [5.74, 6) is 0.208. The van der Waals surface area contributed by atoms with Crippen LogP contribution in [-0.2, 0) is 16.1 Å². The van der Waals surface area contributed by atoms with Gasteiger partial charge < -0.3 is 20.1 Å². The summed E-state index contributed by atoms with van der Waals surface area (Å²) in [6.45, 7) is 9.60. The standard InChI is InChI=1S/C25H32N4O3/c1-6-31-24(30)22-20(21(26-5)11-12-28-22)15-27-13-17-14-29-23(32-16-25(2,3)4)19-10-8-7-9-18(17)19/h7-12,14-15,21,26-27H,6,13,16H2,1-5H3/b20-15+. The highest BCUT2D eigenvalue weighted by atomic mass is 16.5. The van der Waals surface area contributed by atoms with Gasteiger partial charge in [-0.05, 0) is 42.5 Å². The van der Waals surface area contributed by atoms with Crippen LogP contribution in [0, 0.1) is 5.41 Å². The smallest absolute Gasteiger partial charge is 0.357 e. The van der Waals surface area contributed by atoms with Crippen molar-refractivity contribution in [3.8, 4) is 5.88 Å². The van der Waals surface area contributed by atoms with Crippen LogP contribution in [0.15, 0.2) is 59.5 Å². The van der Waals surface area contributed by atoms with Crippen LogP contribution in [0.1, 0.15) is 33.3 Å². The lowest BCUT2D eigenvalue weighted by Crippen LogP contribution is -2.36. The van der Waals surface area contributed by atoms with E-state index in [1.54, 1.807) is 13.1 Å². The van der Waals surface area contributed by atoms with Crippen LogP contribution in [-0.4, -0.2) is 43.0 Å². The van der Waals surface area contributed by atoms with E-state index in [0.29, 0.717) is 31.4 Å². The van der Waals surface area contributed by atoms with Crippen molar-refractivity contribution in [2.24, 2.45) is 10.4 Å². The third-order valence-corrected chi connectivity index (χ3v) is 4.90. The van der Waals surface area contributed by atoms with Gasteiger partial charge in [0.2, 0.25) is 5.88 Å². The molecule has 1 atom stereocenters. The number of pyridine rings is 1. The number of rotatable bonds is 8. The summed E-state index contributed by atoms with van der Waals surface area (Å²) >= 11 is 0. The van der Waals surface area contributed by atoms with Crippen molar-refractivity contribution < 1.29 is 14.3 Å². The number of nitrogens with zero attached hydrogens (tertiary/aromatic N) is 2. The molecule has 1 aliphatic heterocycles. The Morgan fingerprint density at radius 1 is 1.22 bits per heavy atom.